The van der Waals surface area contributed by atoms with Crippen LogP contribution in [0.3, 0.4) is 0 Å². The number of pyridine rings is 2. The van der Waals surface area contributed by atoms with Crippen LogP contribution in [0.4, 0.5) is 11.4 Å². The number of benzene rings is 1. The van der Waals surface area contributed by atoms with Gasteiger partial charge in [-0.2, -0.15) is 0 Å². The number of carbonyl (C=O) groups is 2. The van der Waals surface area contributed by atoms with Gasteiger partial charge in [0.25, 0.3) is 5.56 Å². The van der Waals surface area contributed by atoms with E-state index in [1.807, 2.05) is 23.1 Å². The summed E-state index contributed by atoms with van der Waals surface area (Å²) in [5.41, 5.74) is 2.79. The average molecular weight is 563 g/mol. The van der Waals surface area contributed by atoms with E-state index in [4.69, 9.17) is 19.5 Å². The Morgan fingerprint density at radius 3 is 2.70 bits per heavy atom. The molecule has 0 saturated heterocycles. The van der Waals surface area contributed by atoms with Crippen LogP contribution in [0, 0.1) is 5.92 Å². The Labute approximate surface area is 233 Å². The number of amidine groups is 1. The molecular weight excluding hydrogens is 532 g/mol. The summed E-state index contributed by atoms with van der Waals surface area (Å²) in [6.45, 7) is 7.86. The highest BCUT2D eigenvalue weighted by Gasteiger charge is 2.50. The van der Waals surface area contributed by atoms with Crippen LogP contribution < -0.4 is 10.5 Å². The van der Waals surface area contributed by atoms with Crippen molar-refractivity contribution in [2.75, 3.05) is 17.7 Å². The van der Waals surface area contributed by atoms with Crippen molar-refractivity contribution in [1.29, 1.82) is 0 Å². The second-order valence-electron chi connectivity index (χ2n) is 10.8. The Bertz CT molecular complexity index is 1740. The molecule has 0 bridgehead atoms. The fourth-order valence-electron chi connectivity index (χ4n) is 5.95. The maximum Gasteiger partial charge on any atom is 0.355 e. The van der Waals surface area contributed by atoms with Crippen molar-refractivity contribution >= 4 is 50.2 Å². The maximum absolute atomic E-state index is 13.9. The highest BCUT2D eigenvalue weighted by molar-refractivity contribution is 8.00. The summed E-state index contributed by atoms with van der Waals surface area (Å²) < 4.78 is 25.5. The number of aliphatic imine (C=N–C) groups is 1. The SMILES string of the molecule is CC[C@@]1(OC(C)=O)C(=O)OCc2c1cc1n(c2=O)Cc2c-1nc1cccc3c1c2N(CCC(C)C)C(S(C)=O)=N3. The average Bonchev–Trinajstić information content (AvgIpc) is 3.28. The van der Waals surface area contributed by atoms with Crippen molar-refractivity contribution < 1.29 is 23.3 Å². The lowest BCUT2D eigenvalue weighted by molar-refractivity contribution is -0.188. The largest absolute Gasteiger partial charge is 0.457 e. The van der Waals surface area contributed by atoms with E-state index >= 15 is 0 Å². The smallest absolute Gasteiger partial charge is 0.355 e. The van der Waals surface area contributed by atoms with Crippen molar-refractivity contribution in [2.45, 2.75) is 59.3 Å². The van der Waals surface area contributed by atoms with E-state index in [9.17, 15) is 18.6 Å². The molecule has 3 aliphatic heterocycles. The van der Waals surface area contributed by atoms with Gasteiger partial charge in [0.05, 0.1) is 56.6 Å². The molecule has 0 saturated carbocycles. The van der Waals surface area contributed by atoms with Crippen LogP contribution in [0.15, 0.2) is 34.1 Å². The predicted octanol–water partition coefficient (Wildman–Crippen LogP) is 3.88. The molecule has 3 aliphatic rings. The summed E-state index contributed by atoms with van der Waals surface area (Å²) in [5.74, 6) is -0.937. The monoisotopic (exact) mass is 562 g/mol. The highest BCUT2D eigenvalue weighted by Crippen LogP contribution is 2.48. The molecule has 0 radical (unpaired) electrons. The van der Waals surface area contributed by atoms with Crippen molar-refractivity contribution in [3.8, 4) is 11.4 Å². The van der Waals surface area contributed by atoms with Crippen LogP contribution in [0.5, 0.6) is 0 Å². The third-order valence-corrected chi connectivity index (χ3v) is 8.68. The first-order valence-corrected chi connectivity index (χ1v) is 14.9. The van der Waals surface area contributed by atoms with Gasteiger partial charge in [-0.1, -0.05) is 26.8 Å². The number of cyclic esters (lactones) is 1. The molecule has 0 spiro atoms. The van der Waals surface area contributed by atoms with E-state index in [1.165, 1.54) is 6.92 Å². The van der Waals surface area contributed by atoms with Gasteiger partial charge in [0.15, 0.2) is 5.17 Å². The first kappa shape index (κ1) is 26.4. The van der Waals surface area contributed by atoms with Crippen molar-refractivity contribution in [2.24, 2.45) is 10.9 Å². The highest BCUT2D eigenvalue weighted by atomic mass is 32.2. The zero-order valence-electron chi connectivity index (χ0n) is 23.1. The number of hydrogen-bond acceptors (Lipinski definition) is 9. The Kier molecular flexibility index (Phi) is 6.17. The number of anilines is 1. The Balaban J connectivity index is 1.64. The molecular formula is C29H30N4O6S. The summed E-state index contributed by atoms with van der Waals surface area (Å²) in [4.78, 5) is 50.8. The van der Waals surface area contributed by atoms with E-state index in [0.717, 1.165) is 23.1 Å². The molecule has 0 fully saturated rings. The van der Waals surface area contributed by atoms with E-state index in [0.29, 0.717) is 45.8 Å². The molecule has 208 valence electrons. The third-order valence-electron chi connectivity index (χ3n) is 7.85. The fourth-order valence-corrected chi connectivity index (χ4v) is 6.67. The van der Waals surface area contributed by atoms with E-state index in [-0.39, 0.29) is 30.7 Å². The van der Waals surface area contributed by atoms with Crippen LogP contribution in [-0.2, 0) is 48.6 Å². The number of nitrogens with zero attached hydrogens (tertiary/aromatic N) is 4. The molecule has 0 N–H and O–H groups in total. The summed E-state index contributed by atoms with van der Waals surface area (Å²) in [7, 11) is -1.36. The molecule has 11 heteroatoms. The topological polar surface area (TPSA) is 120 Å². The minimum atomic E-state index is -1.71. The van der Waals surface area contributed by atoms with Crippen LogP contribution in [-0.4, -0.2) is 43.7 Å². The fraction of sp³-hybridized carbons (Fsp3) is 0.414. The van der Waals surface area contributed by atoms with Crippen LogP contribution in [0.25, 0.3) is 22.3 Å². The molecule has 1 aromatic carbocycles. The Morgan fingerprint density at radius 1 is 1.25 bits per heavy atom. The van der Waals surface area contributed by atoms with Crippen molar-refractivity contribution in [3.05, 3.63) is 51.3 Å². The molecule has 40 heavy (non-hydrogen) atoms. The zero-order chi connectivity index (χ0) is 28.5. The lowest BCUT2D eigenvalue weighted by Crippen LogP contribution is -2.47. The normalized spacial score (nSPS) is 19.6. The minimum absolute atomic E-state index is 0.110. The second-order valence-corrected chi connectivity index (χ2v) is 12.1. The van der Waals surface area contributed by atoms with Gasteiger partial charge in [-0.3, -0.25) is 13.8 Å². The molecule has 2 aromatic heterocycles. The molecule has 0 aliphatic carbocycles. The number of fused-ring (bicyclic) bond motifs is 5. The van der Waals surface area contributed by atoms with E-state index in [1.54, 1.807) is 23.8 Å². The number of esters is 2. The van der Waals surface area contributed by atoms with Crippen LogP contribution in [0.1, 0.15) is 57.2 Å². The lowest BCUT2D eigenvalue weighted by Gasteiger charge is -2.35. The Hall–Kier alpha value is -3.86. The van der Waals surface area contributed by atoms with E-state index in [2.05, 4.69) is 13.8 Å². The first-order valence-electron chi connectivity index (χ1n) is 13.4. The number of carbonyl (C=O) groups excluding carboxylic acids is 2. The van der Waals surface area contributed by atoms with Gasteiger partial charge < -0.3 is 18.9 Å². The molecule has 5 heterocycles. The Morgan fingerprint density at radius 2 is 2.02 bits per heavy atom. The molecule has 0 amide bonds. The van der Waals surface area contributed by atoms with Gasteiger partial charge in [-0.05, 0) is 37.0 Å². The summed E-state index contributed by atoms with van der Waals surface area (Å²) in [5, 5.41) is 1.32. The van der Waals surface area contributed by atoms with E-state index < -0.39 is 28.3 Å². The standard InChI is InChI=1S/C29H30N4O6S/c1-6-29(39-16(4)34)19-12-22-24-17(13-33(22)26(35)18(19)14-38-27(29)36)25-23-20(30-24)8-7-9-21(23)31-28(40(5)37)32(25)11-10-15(2)3/h7-9,12,15H,6,10-11,13-14H2,1-5H3/t29-,40?/m0/s1. The minimum Gasteiger partial charge on any atom is -0.457 e. The van der Waals surface area contributed by atoms with Crippen molar-refractivity contribution in [3.63, 3.8) is 0 Å². The lowest BCUT2D eigenvalue weighted by atomic mass is 9.85. The third kappa shape index (κ3) is 3.74. The summed E-state index contributed by atoms with van der Waals surface area (Å²) >= 11 is 0. The quantitative estimate of drug-likeness (QED) is 0.336. The molecule has 2 atom stereocenters. The molecule has 10 nitrogen and oxygen atoms in total. The summed E-state index contributed by atoms with van der Waals surface area (Å²) in [6.07, 6.45) is 2.58. The predicted molar refractivity (Wildman–Crippen MR) is 152 cm³/mol. The van der Waals surface area contributed by atoms with Gasteiger partial charge in [0.1, 0.15) is 6.61 Å². The summed E-state index contributed by atoms with van der Waals surface area (Å²) in [6, 6.07) is 7.40. The number of hydrogen-bond donors (Lipinski definition) is 0. The van der Waals surface area contributed by atoms with Gasteiger partial charge in [-0.15, -0.1) is 0 Å². The molecule has 3 aromatic rings. The van der Waals surface area contributed by atoms with Gasteiger partial charge >= 0.3 is 11.9 Å². The van der Waals surface area contributed by atoms with Gasteiger partial charge in [0, 0.05) is 30.9 Å². The van der Waals surface area contributed by atoms with Gasteiger partial charge in [0.2, 0.25) is 5.60 Å². The van der Waals surface area contributed by atoms with Gasteiger partial charge in [-0.25, -0.2) is 14.8 Å². The maximum atomic E-state index is 13.9. The van der Waals surface area contributed by atoms with Crippen LogP contribution in [0.2, 0.25) is 0 Å². The zero-order valence-corrected chi connectivity index (χ0v) is 23.9. The number of ether oxygens (including phenoxy) is 2. The number of aromatic nitrogens is 2. The number of rotatable bonds is 5. The van der Waals surface area contributed by atoms with Crippen LogP contribution >= 0.6 is 0 Å². The second kappa shape index (κ2) is 9.36. The first-order chi connectivity index (χ1) is 19.1. The molecule has 6 rings (SSSR count). The van der Waals surface area contributed by atoms with Crippen molar-refractivity contribution in [1.82, 2.24) is 9.55 Å². The molecule has 1 unspecified atom stereocenters.